The van der Waals surface area contributed by atoms with Crippen molar-refractivity contribution in [3.05, 3.63) is 11.6 Å². The number of hydrogen-bond donors (Lipinski definition) is 1. The van der Waals surface area contributed by atoms with Gasteiger partial charge in [-0.3, -0.25) is 8.88 Å². The van der Waals surface area contributed by atoms with Gasteiger partial charge in [-0.05, 0) is 84.0 Å². The molecule has 3 unspecified atom stereocenters. The fourth-order valence-corrected chi connectivity index (χ4v) is 9.25. The van der Waals surface area contributed by atoms with E-state index in [2.05, 4.69) is 59.7 Å². The summed E-state index contributed by atoms with van der Waals surface area (Å²) in [7, 11) is -9.88. The fraction of sp³-hybridized carbons (Fsp3) is 0.953. The lowest BCUT2D eigenvalue weighted by atomic mass is 10.1. The highest BCUT2D eigenvalue weighted by Gasteiger charge is 2.26. The molecule has 1 saturated heterocycles. The van der Waals surface area contributed by atoms with E-state index < -0.39 is 21.6 Å². The first-order valence-corrected chi connectivity index (χ1v) is 26.0. The highest BCUT2D eigenvalue weighted by molar-refractivity contribution is 7.62. The Balaban J connectivity index is 0. The highest BCUT2D eigenvalue weighted by atomic mass is 31.3. The largest absolute Gasteiger partial charge is 0.778 e. The van der Waals surface area contributed by atoms with Crippen LogP contribution in [0.2, 0.25) is 0 Å². The van der Waals surface area contributed by atoms with Crippen LogP contribution >= 0.6 is 15.4 Å². The first-order chi connectivity index (χ1) is 26.2. The molecule has 1 aliphatic rings. The lowest BCUT2D eigenvalue weighted by molar-refractivity contribution is -0.929. The van der Waals surface area contributed by atoms with Gasteiger partial charge >= 0.3 is 0 Å². The number of rotatable bonds is 32. The second-order valence-corrected chi connectivity index (χ2v) is 19.4. The van der Waals surface area contributed by atoms with Crippen molar-refractivity contribution in [3.8, 4) is 0 Å². The Labute approximate surface area is 341 Å². The van der Waals surface area contributed by atoms with Gasteiger partial charge in [0.2, 0.25) is 0 Å². The van der Waals surface area contributed by atoms with Gasteiger partial charge in [0.15, 0.2) is 6.29 Å². The molecule has 0 bridgehead atoms. The van der Waals surface area contributed by atoms with Crippen LogP contribution in [-0.2, 0) is 22.9 Å². The first kappa shape index (κ1) is 57.0. The van der Waals surface area contributed by atoms with Crippen molar-refractivity contribution in [2.75, 3.05) is 71.7 Å². The smallest absolute Gasteiger partial charge is 0.270 e. The Morgan fingerprint density at radius 1 is 0.655 bits per heavy atom. The van der Waals surface area contributed by atoms with Gasteiger partial charge in [0.1, 0.15) is 7.60 Å². The molecule has 1 N–H and O–H groups in total. The molecule has 3 atom stereocenters. The summed E-state index contributed by atoms with van der Waals surface area (Å²) in [5.41, 5.74) is 0.712. The maximum absolute atomic E-state index is 11.3. The van der Waals surface area contributed by atoms with Gasteiger partial charge in [0.25, 0.3) is 7.82 Å². The van der Waals surface area contributed by atoms with Crippen LogP contribution in [0.1, 0.15) is 191 Å². The third kappa shape index (κ3) is 33.4. The number of unbranched alkanes of at least 4 members (excludes halogenated alkanes) is 8. The zero-order chi connectivity index (χ0) is 41.9. The molecular formula is C43H92N2O8P2. The molecule has 1 heterocycles. The van der Waals surface area contributed by atoms with Crippen molar-refractivity contribution in [2.24, 2.45) is 0 Å². The molecule has 0 spiro atoms. The Kier molecular flexibility index (Phi) is 37.1. The average Bonchev–Trinajstić information content (AvgIpc) is 3.16. The number of allylic oxidation sites excluding steroid dienone is 1. The van der Waals surface area contributed by atoms with Crippen LogP contribution in [0.25, 0.3) is 0 Å². The summed E-state index contributed by atoms with van der Waals surface area (Å²) in [6.07, 6.45) is 26.1. The molecule has 10 nitrogen and oxygen atoms in total. The summed E-state index contributed by atoms with van der Waals surface area (Å²) >= 11 is 0. The normalized spacial score (nSPS) is 17.4. The second-order valence-electron chi connectivity index (χ2n) is 16.1. The van der Waals surface area contributed by atoms with Gasteiger partial charge in [-0.15, -0.1) is 0 Å². The van der Waals surface area contributed by atoms with Crippen LogP contribution in [0.3, 0.4) is 0 Å². The molecule has 0 radical (unpaired) electrons. The maximum atomic E-state index is 11.3. The summed E-state index contributed by atoms with van der Waals surface area (Å²) in [5, 5.41) is 0. The quantitative estimate of drug-likeness (QED) is 0.0403. The molecule has 0 amide bonds. The third-order valence-corrected chi connectivity index (χ3v) is 13.3. The number of ether oxygens (including phenoxy) is 2. The van der Waals surface area contributed by atoms with Gasteiger partial charge in [0, 0.05) is 12.8 Å². The molecule has 12 heteroatoms. The molecule has 0 aromatic rings. The Morgan fingerprint density at radius 3 is 1.27 bits per heavy atom. The van der Waals surface area contributed by atoms with E-state index in [0.29, 0.717) is 18.8 Å². The van der Waals surface area contributed by atoms with Crippen LogP contribution in [-0.4, -0.2) is 91.9 Å². The molecule has 332 valence electrons. The van der Waals surface area contributed by atoms with Gasteiger partial charge in [-0.2, -0.15) is 0 Å². The van der Waals surface area contributed by atoms with Crippen LogP contribution < -0.4 is 9.79 Å². The number of quaternary nitrogens is 2. The highest BCUT2D eigenvalue weighted by Crippen LogP contribution is 2.52. The van der Waals surface area contributed by atoms with E-state index in [-0.39, 0.29) is 12.7 Å². The van der Waals surface area contributed by atoms with E-state index in [1.807, 2.05) is 0 Å². The van der Waals surface area contributed by atoms with Gasteiger partial charge in [-0.1, -0.05) is 118 Å². The molecule has 0 aromatic carbocycles. The predicted octanol–water partition coefficient (Wildman–Crippen LogP) is 10.9. The summed E-state index contributed by atoms with van der Waals surface area (Å²) in [6, 6.07) is 0. The second kappa shape index (κ2) is 35.8. The minimum atomic E-state index is -5.27. The van der Waals surface area contributed by atoms with Crippen molar-refractivity contribution < 1.29 is 46.6 Å². The van der Waals surface area contributed by atoms with Crippen molar-refractivity contribution in [2.45, 2.75) is 197 Å². The van der Waals surface area contributed by atoms with E-state index in [0.717, 1.165) is 19.3 Å². The van der Waals surface area contributed by atoms with Crippen molar-refractivity contribution in [1.82, 2.24) is 0 Å². The standard InChI is InChI=1S/2C16H36N.C11H22O8P2/c2*1-5-9-13-17(14-10-6-2,15-11-7-3)16-12-8-4;1-10(5-8-18-11-4-2-3-7-17-11)6-9-20(12,13)19-21(14,15)16/h2*5-16H2,1-4H3;5,11H,2-4,6-9H2,1H3,(H,12,13)(H2,14,15,16)/q2*+1;/p-2/b;;10-5-. The van der Waals surface area contributed by atoms with Crippen molar-refractivity contribution in [3.63, 3.8) is 0 Å². The van der Waals surface area contributed by atoms with Crippen LogP contribution in [0, 0.1) is 0 Å². The van der Waals surface area contributed by atoms with E-state index in [4.69, 9.17) is 14.4 Å². The monoisotopic (exact) mass is 827 g/mol. The molecule has 0 aliphatic carbocycles. The molecule has 1 rings (SSSR count). The topological polar surface area (TPSA) is 128 Å². The zero-order valence-electron chi connectivity index (χ0n) is 37.7. The Morgan fingerprint density at radius 2 is 1.00 bits per heavy atom. The summed E-state index contributed by atoms with van der Waals surface area (Å²) in [4.78, 5) is 30.0. The SMILES string of the molecule is C/C(=C/COC1CCCCO1)CCP(=O)([O-])OP(=O)([O-])O.CCCC[N+](CCCC)(CCCC)CCCC.CCCC[N+](CCCC)(CCCC)CCCC. The molecule has 1 aliphatic heterocycles. The molecule has 0 saturated carbocycles. The minimum Gasteiger partial charge on any atom is -0.778 e. The number of hydrogen-bond acceptors (Lipinski definition) is 7. The van der Waals surface area contributed by atoms with Crippen LogP contribution in [0.5, 0.6) is 0 Å². The fourth-order valence-electron chi connectivity index (χ4n) is 7.04. The molecule has 55 heavy (non-hydrogen) atoms. The maximum Gasteiger partial charge on any atom is 0.270 e. The van der Waals surface area contributed by atoms with Crippen molar-refractivity contribution in [1.29, 1.82) is 0 Å². The first-order valence-electron chi connectivity index (χ1n) is 22.8. The van der Waals surface area contributed by atoms with Gasteiger partial charge in [0.05, 0.1) is 59.0 Å². The third-order valence-electron chi connectivity index (χ3n) is 10.7. The van der Waals surface area contributed by atoms with Crippen molar-refractivity contribution >= 4 is 15.4 Å². The summed E-state index contributed by atoms with van der Waals surface area (Å²) < 4.78 is 39.0. The minimum absolute atomic E-state index is 0.0929. The Hall–Kier alpha value is -0.120. The van der Waals surface area contributed by atoms with Crippen LogP contribution in [0.4, 0.5) is 0 Å². The number of nitrogens with zero attached hydrogens (tertiary/aromatic N) is 2. The lowest BCUT2D eigenvalue weighted by Crippen LogP contribution is -2.50. The zero-order valence-corrected chi connectivity index (χ0v) is 39.5. The van der Waals surface area contributed by atoms with Gasteiger partial charge < -0.3 is 37.7 Å². The average molecular weight is 827 g/mol. The Bertz CT molecular complexity index is 877. The van der Waals surface area contributed by atoms with E-state index >= 15 is 0 Å². The van der Waals surface area contributed by atoms with E-state index in [1.54, 1.807) is 13.0 Å². The van der Waals surface area contributed by atoms with Gasteiger partial charge in [-0.25, -0.2) is 0 Å². The molecular weight excluding hydrogens is 734 g/mol. The molecule has 1 fully saturated rings. The number of phosphoric acid groups is 1. The summed E-state index contributed by atoms with van der Waals surface area (Å²) in [5.74, 6) is 0. The predicted molar refractivity (Wildman–Crippen MR) is 230 cm³/mol. The van der Waals surface area contributed by atoms with E-state index in [9.17, 15) is 18.9 Å². The molecule has 0 aromatic heterocycles. The summed E-state index contributed by atoms with van der Waals surface area (Å²) in [6.45, 7) is 32.7. The van der Waals surface area contributed by atoms with Crippen LogP contribution in [0.15, 0.2) is 11.6 Å². The van der Waals surface area contributed by atoms with E-state index in [1.165, 1.54) is 164 Å². The lowest BCUT2D eigenvalue weighted by Gasteiger charge is -2.39.